The van der Waals surface area contributed by atoms with E-state index in [9.17, 15) is 10.1 Å². The third kappa shape index (κ3) is 2.84. The minimum atomic E-state index is -0.340. The normalized spacial score (nSPS) is 24.9. The summed E-state index contributed by atoms with van der Waals surface area (Å²) in [7, 11) is 1.53. The van der Waals surface area contributed by atoms with Crippen LogP contribution in [0.5, 0.6) is 0 Å². The fraction of sp³-hybridized carbons (Fsp3) is 0.500. The molecule has 20 heavy (non-hydrogen) atoms. The van der Waals surface area contributed by atoms with Crippen molar-refractivity contribution in [3.05, 3.63) is 22.2 Å². The predicted molar refractivity (Wildman–Crippen MR) is 76.0 cm³/mol. The lowest BCUT2D eigenvalue weighted by Crippen LogP contribution is -2.53. The topological polar surface area (TPSA) is 103 Å². The van der Waals surface area contributed by atoms with Gasteiger partial charge in [0.15, 0.2) is 6.19 Å². The zero-order valence-corrected chi connectivity index (χ0v) is 12.0. The molecule has 8 heteroatoms. The molecule has 2 aliphatic rings. The summed E-state index contributed by atoms with van der Waals surface area (Å²) in [6.07, 6.45) is 2.79. The molecule has 2 atom stereocenters. The highest BCUT2D eigenvalue weighted by Crippen LogP contribution is 2.37. The molecule has 2 rings (SSSR count). The van der Waals surface area contributed by atoms with E-state index in [-0.39, 0.29) is 18.1 Å². The average Bonchev–Trinajstić information content (AvgIpc) is 2.42. The summed E-state index contributed by atoms with van der Waals surface area (Å²) in [5.41, 5.74) is 6.83. The Labute approximate surface area is 121 Å². The summed E-state index contributed by atoms with van der Waals surface area (Å²) in [4.78, 5) is 13.8. The van der Waals surface area contributed by atoms with E-state index in [1.165, 1.54) is 18.8 Å². The van der Waals surface area contributed by atoms with E-state index in [0.717, 1.165) is 10.6 Å². The number of urea groups is 1. The third-order valence-electron chi connectivity index (χ3n) is 3.22. The summed E-state index contributed by atoms with van der Waals surface area (Å²) in [5, 5.41) is 14.8. The molecule has 108 valence electrons. The Kier molecular flexibility index (Phi) is 4.42. The number of nitrogens with two attached hydrogens (primary N) is 1. The van der Waals surface area contributed by atoms with Gasteiger partial charge < -0.3 is 21.1 Å². The number of morpholine rings is 1. The standard InChI is InChI=1S/C12H17N5O2S/c1-7(16-12(18)15-2)20-11-9(14)3-8-4-19-5-10(11)17(8)6-13/h8,10H,1,3-5,14H2,2H3,(H2,15,16,18)/t8-,10-/m0/s1. The monoisotopic (exact) mass is 295 g/mol. The Hall–Kier alpha value is -1.85. The van der Waals surface area contributed by atoms with Crippen LogP contribution in [0, 0.1) is 11.5 Å². The van der Waals surface area contributed by atoms with Crippen LogP contribution >= 0.6 is 11.8 Å². The Balaban J connectivity index is 2.13. The van der Waals surface area contributed by atoms with Gasteiger partial charge in [-0.1, -0.05) is 18.3 Å². The first-order chi connectivity index (χ1) is 9.56. The van der Waals surface area contributed by atoms with E-state index < -0.39 is 0 Å². The van der Waals surface area contributed by atoms with E-state index in [1.54, 1.807) is 4.90 Å². The third-order valence-corrected chi connectivity index (χ3v) is 4.32. The number of amides is 2. The minimum Gasteiger partial charge on any atom is -0.401 e. The van der Waals surface area contributed by atoms with Gasteiger partial charge in [0.2, 0.25) is 0 Å². The maximum Gasteiger partial charge on any atom is 0.319 e. The van der Waals surface area contributed by atoms with Crippen LogP contribution in [0.4, 0.5) is 4.79 Å². The van der Waals surface area contributed by atoms with Crippen LogP contribution in [0.25, 0.3) is 0 Å². The van der Waals surface area contributed by atoms with Gasteiger partial charge in [-0.05, 0) is 0 Å². The number of hydrogen-bond acceptors (Lipinski definition) is 6. The van der Waals surface area contributed by atoms with Crippen LogP contribution in [0.2, 0.25) is 0 Å². The molecule has 0 aromatic carbocycles. The summed E-state index contributed by atoms with van der Waals surface area (Å²) in [6.45, 7) is 4.72. The molecule has 2 bridgehead atoms. The van der Waals surface area contributed by atoms with Gasteiger partial charge in [0, 0.05) is 24.1 Å². The fourth-order valence-corrected chi connectivity index (χ4v) is 3.23. The van der Waals surface area contributed by atoms with Gasteiger partial charge in [-0.25, -0.2) is 4.79 Å². The molecule has 4 N–H and O–H groups in total. The molecule has 0 aromatic rings. The van der Waals surface area contributed by atoms with Crippen molar-refractivity contribution in [2.24, 2.45) is 5.73 Å². The molecule has 2 amide bonds. The van der Waals surface area contributed by atoms with Crippen LogP contribution < -0.4 is 16.4 Å². The number of thioether (sulfide) groups is 1. The highest BCUT2D eigenvalue weighted by molar-refractivity contribution is 8.06. The number of rotatable bonds is 3. The van der Waals surface area contributed by atoms with E-state index in [4.69, 9.17) is 10.5 Å². The molecular formula is C12H17N5O2S. The second-order valence-electron chi connectivity index (χ2n) is 4.54. The number of nitrogens with one attached hydrogen (secondary N) is 2. The van der Waals surface area contributed by atoms with Crippen molar-refractivity contribution in [3.63, 3.8) is 0 Å². The first-order valence-corrected chi connectivity index (χ1v) is 6.98. The van der Waals surface area contributed by atoms with Crippen molar-refractivity contribution in [1.29, 1.82) is 5.26 Å². The van der Waals surface area contributed by atoms with Crippen molar-refractivity contribution in [1.82, 2.24) is 15.5 Å². The summed E-state index contributed by atoms with van der Waals surface area (Å²) < 4.78 is 5.51. The van der Waals surface area contributed by atoms with Crippen molar-refractivity contribution in [3.8, 4) is 6.19 Å². The summed E-state index contributed by atoms with van der Waals surface area (Å²) >= 11 is 1.28. The van der Waals surface area contributed by atoms with Gasteiger partial charge in [0.25, 0.3) is 0 Å². The fourth-order valence-electron chi connectivity index (χ4n) is 2.29. The van der Waals surface area contributed by atoms with Crippen LogP contribution in [-0.2, 0) is 4.74 Å². The Bertz CT molecular complexity index is 499. The molecule has 0 aromatic heterocycles. The molecule has 1 saturated heterocycles. The molecule has 2 aliphatic heterocycles. The largest absolute Gasteiger partial charge is 0.401 e. The van der Waals surface area contributed by atoms with E-state index in [2.05, 4.69) is 23.4 Å². The van der Waals surface area contributed by atoms with Gasteiger partial charge in [0.05, 0.1) is 30.3 Å². The van der Waals surface area contributed by atoms with Gasteiger partial charge in [-0.3, -0.25) is 4.90 Å². The van der Waals surface area contributed by atoms with E-state index in [1.807, 2.05) is 0 Å². The lowest BCUT2D eigenvalue weighted by molar-refractivity contribution is -0.0120. The zero-order chi connectivity index (χ0) is 14.7. The number of carbonyl (C=O) groups excluding carboxylic acids is 1. The van der Waals surface area contributed by atoms with Crippen LogP contribution in [0.3, 0.4) is 0 Å². The predicted octanol–water partition coefficient (Wildman–Crippen LogP) is 0.244. The maximum absolute atomic E-state index is 11.2. The second-order valence-corrected chi connectivity index (χ2v) is 5.67. The van der Waals surface area contributed by atoms with E-state index in [0.29, 0.717) is 24.7 Å². The minimum absolute atomic E-state index is 0.00302. The number of nitriles is 1. The molecule has 7 nitrogen and oxygen atoms in total. The first kappa shape index (κ1) is 14.6. The van der Waals surface area contributed by atoms with Gasteiger partial charge in [-0.2, -0.15) is 5.26 Å². The number of fused-ring (bicyclic) bond motifs is 2. The highest BCUT2D eigenvalue weighted by Gasteiger charge is 2.39. The SMILES string of the molecule is C=C(NC(=O)NC)SC1=C(N)C[C@H]2COC[C@@H]1N2C#N. The van der Waals surface area contributed by atoms with Gasteiger partial charge in [0.1, 0.15) is 0 Å². The molecule has 0 radical (unpaired) electrons. The zero-order valence-electron chi connectivity index (χ0n) is 11.2. The van der Waals surface area contributed by atoms with Crippen molar-refractivity contribution >= 4 is 17.8 Å². The summed E-state index contributed by atoms with van der Waals surface area (Å²) in [5.74, 6) is 0. The van der Waals surface area contributed by atoms with Gasteiger partial charge >= 0.3 is 6.03 Å². The lowest BCUT2D eigenvalue weighted by Gasteiger charge is -2.43. The number of hydrogen-bond donors (Lipinski definition) is 3. The van der Waals surface area contributed by atoms with Crippen molar-refractivity contribution in [2.45, 2.75) is 18.5 Å². The molecule has 1 fully saturated rings. The second kappa shape index (κ2) is 6.07. The Morgan fingerprint density at radius 2 is 2.40 bits per heavy atom. The van der Waals surface area contributed by atoms with Crippen molar-refractivity contribution < 1.29 is 9.53 Å². The van der Waals surface area contributed by atoms with Crippen LogP contribution in [-0.4, -0.2) is 43.3 Å². The van der Waals surface area contributed by atoms with Crippen LogP contribution in [0.1, 0.15) is 6.42 Å². The number of nitrogens with zero attached hydrogens (tertiary/aromatic N) is 2. The summed E-state index contributed by atoms with van der Waals surface area (Å²) in [6, 6.07) is -0.531. The molecule has 0 unspecified atom stereocenters. The Morgan fingerprint density at radius 3 is 3.05 bits per heavy atom. The van der Waals surface area contributed by atoms with E-state index >= 15 is 0 Å². The molecule has 0 aliphatic carbocycles. The highest BCUT2D eigenvalue weighted by atomic mass is 32.2. The lowest BCUT2D eigenvalue weighted by atomic mass is 9.99. The maximum atomic E-state index is 11.2. The molecule has 2 heterocycles. The number of carbonyl (C=O) groups is 1. The average molecular weight is 295 g/mol. The first-order valence-electron chi connectivity index (χ1n) is 6.16. The smallest absolute Gasteiger partial charge is 0.319 e. The molecule has 0 saturated carbocycles. The molecular weight excluding hydrogens is 278 g/mol. The quantitative estimate of drug-likeness (QED) is 0.645. The van der Waals surface area contributed by atoms with Crippen molar-refractivity contribution in [2.75, 3.05) is 20.3 Å². The number of ether oxygens (including phenoxy) is 1. The van der Waals surface area contributed by atoms with Crippen LogP contribution in [0.15, 0.2) is 22.2 Å². The Morgan fingerprint density at radius 1 is 1.65 bits per heavy atom. The van der Waals surface area contributed by atoms with Gasteiger partial charge in [-0.15, -0.1) is 0 Å². The molecule has 0 spiro atoms.